The minimum atomic E-state index is -0.690. The second-order valence-corrected chi connectivity index (χ2v) is 3.95. The third-order valence-electron chi connectivity index (χ3n) is 2.51. The van der Waals surface area contributed by atoms with Gasteiger partial charge in [-0.25, -0.2) is 8.78 Å². The lowest BCUT2D eigenvalue weighted by atomic mass is 10.0. The number of hydrogen-bond acceptors (Lipinski definition) is 2. The molecule has 2 aromatic rings. The highest BCUT2D eigenvalue weighted by atomic mass is 19.1. The first-order valence-corrected chi connectivity index (χ1v) is 5.50. The maximum absolute atomic E-state index is 13.3. The molecule has 0 aliphatic heterocycles. The molecule has 2 rings (SSSR count). The van der Waals surface area contributed by atoms with Gasteiger partial charge in [0.15, 0.2) is 0 Å². The van der Waals surface area contributed by atoms with E-state index in [4.69, 9.17) is 0 Å². The monoisotopic (exact) mass is 247 g/mol. The predicted octanol–water partition coefficient (Wildman–Crippen LogP) is 2.71. The topological polar surface area (TPSA) is 30.0 Å². The summed E-state index contributed by atoms with van der Waals surface area (Å²) in [6.07, 6.45) is 1.70. The second kappa shape index (κ2) is 5.49. The van der Waals surface area contributed by atoms with E-state index in [0.717, 1.165) is 12.1 Å². The number of aromatic nitrogens is 1. The van der Waals surface area contributed by atoms with E-state index in [1.807, 2.05) is 0 Å². The van der Waals surface area contributed by atoms with Crippen molar-refractivity contribution in [3.63, 3.8) is 0 Å². The molecule has 0 atom stereocenters. The number of rotatable bonds is 4. The first-order chi connectivity index (χ1) is 8.65. The Balaban J connectivity index is 2.03. The first-order valence-electron chi connectivity index (χ1n) is 5.50. The highest BCUT2D eigenvalue weighted by Gasteiger charge is 2.10. The van der Waals surface area contributed by atoms with E-state index in [1.54, 1.807) is 24.4 Å². The predicted molar refractivity (Wildman–Crippen MR) is 63.0 cm³/mol. The van der Waals surface area contributed by atoms with E-state index in [-0.39, 0.29) is 24.2 Å². The second-order valence-electron chi connectivity index (χ2n) is 3.95. The number of hydrogen-bond donors (Lipinski definition) is 0. The Kier molecular flexibility index (Phi) is 3.77. The molecule has 2 nitrogen and oxygen atoms in total. The van der Waals surface area contributed by atoms with Gasteiger partial charge >= 0.3 is 0 Å². The quantitative estimate of drug-likeness (QED) is 0.831. The molecule has 18 heavy (non-hydrogen) atoms. The van der Waals surface area contributed by atoms with E-state index < -0.39 is 11.6 Å². The maximum atomic E-state index is 13.3. The normalized spacial score (nSPS) is 10.3. The fraction of sp³-hybridized carbons (Fsp3) is 0.143. The highest BCUT2D eigenvalue weighted by Crippen LogP contribution is 2.11. The van der Waals surface area contributed by atoms with Crippen molar-refractivity contribution < 1.29 is 13.6 Å². The Morgan fingerprint density at radius 3 is 2.61 bits per heavy atom. The van der Waals surface area contributed by atoms with Crippen LogP contribution in [0, 0.1) is 11.6 Å². The van der Waals surface area contributed by atoms with Gasteiger partial charge in [-0.3, -0.25) is 9.78 Å². The number of ketones is 1. The van der Waals surface area contributed by atoms with Crippen LogP contribution in [0.25, 0.3) is 0 Å². The number of Topliss-reactive ketones (excluding diaryl/α,β-unsaturated/α-hetero) is 1. The van der Waals surface area contributed by atoms with E-state index in [1.165, 1.54) is 6.07 Å². The zero-order chi connectivity index (χ0) is 13.0. The van der Waals surface area contributed by atoms with Crippen molar-refractivity contribution in [3.05, 3.63) is 65.5 Å². The van der Waals surface area contributed by atoms with Gasteiger partial charge in [-0.1, -0.05) is 12.1 Å². The van der Waals surface area contributed by atoms with Crippen LogP contribution in [0.1, 0.15) is 11.3 Å². The molecule has 0 saturated heterocycles. The third-order valence-corrected chi connectivity index (χ3v) is 2.51. The smallest absolute Gasteiger partial charge is 0.143 e. The van der Waals surface area contributed by atoms with Crippen molar-refractivity contribution in [2.75, 3.05) is 0 Å². The average molecular weight is 247 g/mol. The summed E-state index contributed by atoms with van der Waals surface area (Å²) in [5, 5.41) is 0. The van der Waals surface area contributed by atoms with Crippen LogP contribution >= 0.6 is 0 Å². The van der Waals surface area contributed by atoms with Crippen molar-refractivity contribution in [1.29, 1.82) is 0 Å². The van der Waals surface area contributed by atoms with Gasteiger partial charge in [0, 0.05) is 30.8 Å². The average Bonchev–Trinajstić information content (AvgIpc) is 2.34. The van der Waals surface area contributed by atoms with E-state index in [2.05, 4.69) is 4.98 Å². The van der Waals surface area contributed by atoms with Gasteiger partial charge in [0.25, 0.3) is 0 Å². The Morgan fingerprint density at radius 2 is 1.94 bits per heavy atom. The van der Waals surface area contributed by atoms with Gasteiger partial charge in [-0.05, 0) is 23.8 Å². The van der Waals surface area contributed by atoms with Crippen LogP contribution in [0.3, 0.4) is 0 Å². The van der Waals surface area contributed by atoms with Gasteiger partial charge in [0.05, 0.1) is 0 Å². The highest BCUT2D eigenvalue weighted by molar-refractivity contribution is 5.82. The molecule has 4 heteroatoms. The van der Waals surface area contributed by atoms with E-state index in [9.17, 15) is 13.6 Å². The van der Waals surface area contributed by atoms with Crippen molar-refractivity contribution in [2.24, 2.45) is 0 Å². The van der Waals surface area contributed by atoms with Crippen molar-refractivity contribution in [1.82, 2.24) is 4.98 Å². The number of carbonyl (C=O) groups is 1. The van der Waals surface area contributed by atoms with Gasteiger partial charge in [0.1, 0.15) is 17.4 Å². The molecule has 1 aromatic carbocycles. The van der Waals surface area contributed by atoms with Gasteiger partial charge < -0.3 is 0 Å². The molecule has 1 heterocycles. The van der Waals surface area contributed by atoms with Crippen LogP contribution in [0.2, 0.25) is 0 Å². The molecule has 0 saturated carbocycles. The van der Waals surface area contributed by atoms with Crippen LogP contribution in [0.4, 0.5) is 8.78 Å². The molecular weight excluding hydrogens is 236 g/mol. The standard InChI is InChI=1S/C14H11F2NO/c15-11-5-4-10(14(16)8-11)7-13(18)9-12-3-1-2-6-17-12/h1-6,8H,7,9H2. The van der Waals surface area contributed by atoms with Gasteiger partial charge in [-0.15, -0.1) is 0 Å². The lowest BCUT2D eigenvalue weighted by Crippen LogP contribution is -2.09. The summed E-state index contributed by atoms with van der Waals surface area (Å²) in [5.41, 5.74) is 0.849. The van der Waals surface area contributed by atoms with Crippen LogP contribution in [-0.2, 0) is 17.6 Å². The molecule has 0 aliphatic carbocycles. The number of benzene rings is 1. The summed E-state index contributed by atoms with van der Waals surface area (Å²) >= 11 is 0. The van der Waals surface area contributed by atoms with Gasteiger partial charge in [0.2, 0.25) is 0 Å². The Labute approximate surface area is 103 Å². The van der Waals surface area contributed by atoms with Crippen LogP contribution in [0.5, 0.6) is 0 Å². The molecule has 92 valence electrons. The van der Waals surface area contributed by atoms with E-state index in [0.29, 0.717) is 5.69 Å². The van der Waals surface area contributed by atoms with Crippen LogP contribution in [-0.4, -0.2) is 10.8 Å². The molecule has 1 aromatic heterocycles. The Bertz CT molecular complexity index is 555. The Hall–Kier alpha value is -2.10. The largest absolute Gasteiger partial charge is 0.299 e. The molecule has 0 bridgehead atoms. The summed E-state index contributed by atoms with van der Waals surface area (Å²) in [7, 11) is 0. The maximum Gasteiger partial charge on any atom is 0.143 e. The number of pyridine rings is 1. The zero-order valence-corrected chi connectivity index (χ0v) is 9.57. The van der Waals surface area contributed by atoms with Crippen LogP contribution < -0.4 is 0 Å². The van der Waals surface area contributed by atoms with Crippen molar-refractivity contribution in [2.45, 2.75) is 12.8 Å². The van der Waals surface area contributed by atoms with Crippen molar-refractivity contribution in [3.8, 4) is 0 Å². The first kappa shape index (κ1) is 12.4. The summed E-state index contributed by atoms with van der Waals surface area (Å²) < 4.78 is 26.0. The molecule has 0 radical (unpaired) electrons. The number of nitrogens with zero attached hydrogens (tertiary/aromatic N) is 1. The molecule has 0 unspecified atom stereocenters. The fourth-order valence-electron chi connectivity index (χ4n) is 1.64. The minimum absolute atomic E-state index is 0.0529. The Morgan fingerprint density at radius 1 is 1.11 bits per heavy atom. The molecule has 0 fully saturated rings. The van der Waals surface area contributed by atoms with Crippen LogP contribution in [0.15, 0.2) is 42.6 Å². The molecular formula is C14H11F2NO. The summed E-state index contributed by atoms with van der Waals surface area (Å²) in [6, 6.07) is 8.50. The lowest BCUT2D eigenvalue weighted by molar-refractivity contribution is -0.117. The fourth-order valence-corrected chi connectivity index (χ4v) is 1.64. The summed E-state index contributed by atoms with van der Waals surface area (Å²) in [5.74, 6) is -1.49. The summed E-state index contributed by atoms with van der Waals surface area (Å²) in [6.45, 7) is 0. The van der Waals surface area contributed by atoms with Crippen molar-refractivity contribution >= 4 is 5.78 Å². The summed E-state index contributed by atoms with van der Waals surface area (Å²) in [4.78, 5) is 15.7. The number of carbonyl (C=O) groups excluding carboxylic acids is 1. The van der Waals surface area contributed by atoms with E-state index >= 15 is 0 Å². The molecule has 0 aliphatic rings. The third kappa shape index (κ3) is 3.20. The molecule has 0 amide bonds. The zero-order valence-electron chi connectivity index (χ0n) is 9.57. The SMILES string of the molecule is O=C(Cc1ccccn1)Cc1ccc(F)cc1F. The molecule has 0 N–H and O–H groups in total. The molecule has 0 spiro atoms. The number of halogens is 2. The minimum Gasteiger partial charge on any atom is -0.299 e. The lowest BCUT2D eigenvalue weighted by Gasteiger charge is -2.03. The van der Waals surface area contributed by atoms with Gasteiger partial charge in [-0.2, -0.15) is 0 Å².